The first kappa shape index (κ1) is 20.0. The smallest absolute Gasteiger partial charge is 0.168 e. The number of aliphatic imine (C=N–C) groups is 1. The molecule has 7 heteroatoms. The number of hydrogen-bond acceptors (Lipinski definition) is 5. The number of benzene rings is 3. The highest BCUT2D eigenvalue weighted by Gasteiger charge is 2.19. The van der Waals surface area contributed by atoms with Crippen molar-refractivity contribution < 1.29 is 9.50 Å². The number of aliphatic hydroxyl groups is 1. The van der Waals surface area contributed by atoms with Gasteiger partial charge in [-0.05, 0) is 46.5 Å². The summed E-state index contributed by atoms with van der Waals surface area (Å²) in [6.07, 6.45) is 0. The monoisotopic (exact) mass is 427 g/mol. The van der Waals surface area contributed by atoms with Crippen LogP contribution >= 0.6 is 0 Å². The number of halogens is 1. The number of hydrogen-bond donors (Lipinski definition) is 4. The number of aromatic amines is 1. The average Bonchev–Trinajstić information content (AvgIpc) is 3.43. The summed E-state index contributed by atoms with van der Waals surface area (Å²) < 4.78 is 13.2. The molecule has 0 amide bonds. The zero-order valence-electron chi connectivity index (χ0n) is 17.5. The maximum atomic E-state index is 13.2. The third-order valence-electron chi connectivity index (χ3n) is 5.73. The molecule has 5 rings (SSSR count). The Hall–Kier alpha value is -3.97. The number of fused-ring (bicyclic) bond motifs is 2. The van der Waals surface area contributed by atoms with E-state index in [2.05, 4.69) is 32.4 Å². The Bertz CT molecular complexity index is 1330. The minimum Gasteiger partial charge on any atom is -0.504 e. The predicted octanol–water partition coefficient (Wildman–Crippen LogP) is 4.28. The summed E-state index contributed by atoms with van der Waals surface area (Å²) >= 11 is 0. The molecule has 0 radical (unpaired) electrons. The van der Waals surface area contributed by atoms with Gasteiger partial charge in [0, 0.05) is 25.7 Å². The summed E-state index contributed by atoms with van der Waals surface area (Å²) in [7, 11) is 1.59. The Kier molecular flexibility index (Phi) is 4.95. The lowest BCUT2D eigenvalue weighted by Crippen LogP contribution is -2.13. The van der Waals surface area contributed by atoms with Gasteiger partial charge in [-0.3, -0.25) is 4.99 Å². The molecule has 1 aliphatic heterocycles. The standard InChI is InChI=1S/C25H22FN5O/c1-28-23(25-30-20-10-17-12-29-13-18(17)11-21(20)31-25)24(32)22(27)16-4-2-14(3-5-16)15-6-8-19(26)9-7-15/h2-11,29,32H,12-13,27H2,1H3,(H,30,31). The third kappa shape index (κ3) is 3.52. The van der Waals surface area contributed by atoms with Crippen molar-refractivity contribution in [3.8, 4) is 11.1 Å². The fraction of sp³-hybridized carbons (Fsp3) is 0.120. The number of imidazole rings is 1. The Morgan fingerprint density at radius 1 is 1.00 bits per heavy atom. The molecular weight excluding hydrogens is 405 g/mol. The lowest BCUT2D eigenvalue weighted by molar-refractivity contribution is 0.444. The van der Waals surface area contributed by atoms with Crippen LogP contribution in [0.1, 0.15) is 22.5 Å². The number of aliphatic hydroxyl groups excluding tert-OH is 1. The molecule has 0 aliphatic carbocycles. The van der Waals surface area contributed by atoms with E-state index in [0.717, 1.165) is 35.2 Å². The van der Waals surface area contributed by atoms with E-state index in [9.17, 15) is 9.50 Å². The highest BCUT2D eigenvalue weighted by Crippen LogP contribution is 2.25. The summed E-state index contributed by atoms with van der Waals surface area (Å²) in [5, 5.41) is 14.2. The molecule has 5 N–H and O–H groups in total. The topological polar surface area (TPSA) is 99.3 Å². The summed E-state index contributed by atoms with van der Waals surface area (Å²) in [6, 6.07) is 17.8. The van der Waals surface area contributed by atoms with E-state index in [1.165, 1.54) is 23.3 Å². The molecule has 0 saturated carbocycles. The number of H-pyrrole nitrogens is 1. The molecule has 160 valence electrons. The molecular formula is C25H22FN5O. The van der Waals surface area contributed by atoms with Gasteiger partial charge in [-0.25, -0.2) is 9.37 Å². The van der Waals surface area contributed by atoms with Crippen molar-refractivity contribution in [2.45, 2.75) is 13.1 Å². The van der Waals surface area contributed by atoms with E-state index in [4.69, 9.17) is 5.73 Å². The molecule has 4 aromatic rings. The fourth-order valence-electron chi connectivity index (χ4n) is 3.99. The molecule has 1 aromatic heterocycles. The number of rotatable bonds is 4. The van der Waals surface area contributed by atoms with E-state index in [-0.39, 0.29) is 17.3 Å². The second kappa shape index (κ2) is 7.94. The van der Waals surface area contributed by atoms with Gasteiger partial charge in [0.2, 0.25) is 0 Å². The molecule has 6 nitrogen and oxygen atoms in total. The van der Waals surface area contributed by atoms with Gasteiger partial charge in [-0.15, -0.1) is 0 Å². The van der Waals surface area contributed by atoms with Crippen molar-refractivity contribution in [1.29, 1.82) is 0 Å². The van der Waals surface area contributed by atoms with Crippen LogP contribution in [0.5, 0.6) is 0 Å². The lowest BCUT2D eigenvalue weighted by Gasteiger charge is -2.09. The van der Waals surface area contributed by atoms with Crippen LogP contribution in [0.3, 0.4) is 0 Å². The van der Waals surface area contributed by atoms with Crippen LogP contribution in [0.15, 0.2) is 71.4 Å². The largest absolute Gasteiger partial charge is 0.504 e. The van der Waals surface area contributed by atoms with Gasteiger partial charge >= 0.3 is 0 Å². The van der Waals surface area contributed by atoms with Crippen molar-refractivity contribution >= 4 is 22.4 Å². The van der Waals surface area contributed by atoms with Gasteiger partial charge in [0.1, 0.15) is 11.5 Å². The Balaban J connectivity index is 1.46. The molecule has 0 unspecified atom stereocenters. The van der Waals surface area contributed by atoms with Crippen LogP contribution in [-0.2, 0) is 13.1 Å². The van der Waals surface area contributed by atoms with Crippen LogP contribution in [0.4, 0.5) is 4.39 Å². The number of nitrogens with zero attached hydrogens (tertiary/aromatic N) is 2. The number of allylic oxidation sites excluding steroid dienone is 1. The predicted molar refractivity (Wildman–Crippen MR) is 125 cm³/mol. The van der Waals surface area contributed by atoms with Crippen molar-refractivity contribution in [3.05, 3.63) is 94.8 Å². The minimum atomic E-state index is -0.277. The maximum absolute atomic E-state index is 13.2. The lowest BCUT2D eigenvalue weighted by atomic mass is 10.0. The zero-order chi connectivity index (χ0) is 22.2. The van der Waals surface area contributed by atoms with Gasteiger partial charge in [0.05, 0.1) is 16.7 Å². The second-order valence-corrected chi connectivity index (χ2v) is 7.75. The Morgan fingerprint density at radius 2 is 1.62 bits per heavy atom. The SMILES string of the molecule is CN=C(C(O)=C(N)c1ccc(-c2ccc(F)cc2)cc1)c1nc2cc3c(cc2[nH]1)CNC3. The van der Waals surface area contributed by atoms with E-state index < -0.39 is 0 Å². The fourth-order valence-corrected chi connectivity index (χ4v) is 3.99. The summed E-state index contributed by atoms with van der Waals surface area (Å²) in [6.45, 7) is 1.66. The number of aromatic nitrogens is 2. The molecule has 0 bridgehead atoms. The first-order valence-corrected chi connectivity index (χ1v) is 10.3. The summed E-state index contributed by atoms with van der Waals surface area (Å²) in [5.41, 5.74) is 13.4. The van der Waals surface area contributed by atoms with Gasteiger partial charge in [-0.2, -0.15) is 0 Å². The molecule has 0 atom stereocenters. The van der Waals surface area contributed by atoms with E-state index in [1.807, 2.05) is 24.3 Å². The highest BCUT2D eigenvalue weighted by molar-refractivity contribution is 6.13. The first-order chi connectivity index (χ1) is 15.5. The van der Waals surface area contributed by atoms with Gasteiger partial charge in [0.25, 0.3) is 0 Å². The zero-order valence-corrected chi connectivity index (χ0v) is 17.5. The van der Waals surface area contributed by atoms with Crippen molar-refractivity contribution in [1.82, 2.24) is 15.3 Å². The van der Waals surface area contributed by atoms with Crippen molar-refractivity contribution in [2.24, 2.45) is 10.7 Å². The Labute approximate surface area is 184 Å². The normalized spacial score (nSPS) is 14.5. The van der Waals surface area contributed by atoms with E-state index >= 15 is 0 Å². The van der Waals surface area contributed by atoms with Crippen LogP contribution in [-0.4, -0.2) is 27.8 Å². The minimum absolute atomic E-state index is 0.143. The molecule has 2 heterocycles. The van der Waals surface area contributed by atoms with Crippen LogP contribution < -0.4 is 11.1 Å². The first-order valence-electron chi connectivity index (χ1n) is 10.3. The Morgan fingerprint density at radius 3 is 2.28 bits per heavy atom. The van der Waals surface area contributed by atoms with Crippen LogP contribution in [0.25, 0.3) is 27.9 Å². The van der Waals surface area contributed by atoms with Crippen molar-refractivity contribution in [3.63, 3.8) is 0 Å². The van der Waals surface area contributed by atoms with E-state index in [0.29, 0.717) is 17.1 Å². The molecule has 0 fully saturated rings. The molecule has 32 heavy (non-hydrogen) atoms. The molecule has 3 aromatic carbocycles. The maximum Gasteiger partial charge on any atom is 0.168 e. The van der Waals surface area contributed by atoms with Gasteiger partial charge < -0.3 is 21.1 Å². The highest BCUT2D eigenvalue weighted by atomic mass is 19.1. The summed E-state index contributed by atoms with van der Waals surface area (Å²) in [4.78, 5) is 12.1. The number of nitrogens with one attached hydrogen (secondary N) is 2. The van der Waals surface area contributed by atoms with Crippen molar-refractivity contribution in [2.75, 3.05) is 7.05 Å². The van der Waals surface area contributed by atoms with Gasteiger partial charge in [-0.1, -0.05) is 36.4 Å². The molecule has 1 aliphatic rings. The average molecular weight is 427 g/mol. The summed E-state index contributed by atoms with van der Waals surface area (Å²) in [5.74, 6) is 0.0403. The van der Waals surface area contributed by atoms with Gasteiger partial charge in [0.15, 0.2) is 11.6 Å². The van der Waals surface area contributed by atoms with E-state index in [1.54, 1.807) is 19.2 Å². The van der Waals surface area contributed by atoms with Crippen LogP contribution in [0.2, 0.25) is 0 Å². The second-order valence-electron chi connectivity index (χ2n) is 7.75. The quantitative estimate of drug-likeness (QED) is 0.289. The van der Waals surface area contributed by atoms with Crippen LogP contribution in [0, 0.1) is 5.82 Å². The third-order valence-corrected chi connectivity index (χ3v) is 5.73. The molecule has 0 saturated heterocycles. The number of nitrogens with two attached hydrogens (primary N) is 1. The molecule has 0 spiro atoms.